The maximum Gasteiger partial charge on any atom is 0.335 e. The van der Waals surface area contributed by atoms with Gasteiger partial charge in [0, 0.05) is 19.6 Å². The van der Waals surface area contributed by atoms with Crippen LogP contribution in [0.3, 0.4) is 0 Å². The van der Waals surface area contributed by atoms with Crippen molar-refractivity contribution < 1.29 is 23.1 Å². The lowest BCUT2D eigenvalue weighted by molar-refractivity contribution is 0.0817. The first kappa shape index (κ1) is 34.6. The summed E-state index contributed by atoms with van der Waals surface area (Å²) < 4.78 is 29.6. The van der Waals surface area contributed by atoms with Crippen molar-refractivity contribution in [2.75, 3.05) is 51.1 Å². The Morgan fingerprint density at radius 3 is 2.40 bits per heavy atom. The molecule has 0 spiro atoms. The number of hydrogen-bond acceptors (Lipinski definition) is 10. The van der Waals surface area contributed by atoms with Gasteiger partial charge in [-0.25, -0.2) is 4.98 Å². The van der Waals surface area contributed by atoms with Crippen LogP contribution in [-0.4, -0.2) is 72.2 Å². The lowest BCUT2D eigenvalue weighted by Crippen LogP contribution is -2.35. The number of rotatable bonds is 13. The van der Waals surface area contributed by atoms with Gasteiger partial charge in [-0.1, -0.05) is 23.7 Å². The van der Waals surface area contributed by atoms with Crippen molar-refractivity contribution in [2.45, 2.75) is 77.0 Å². The van der Waals surface area contributed by atoms with Crippen LogP contribution in [0.5, 0.6) is 5.75 Å². The smallest absolute Gasteiger partial charge is 0.335 e. The van der Waals surface area contributed by atoms with Crippen LogP contribution in [0.4, 0.5) is 23.1 Å². The molecule has 6 rings (SSSR count). The predicted molar refractivity (Wildman–Crippen MR) is 189 cm³/mol. The number of ether oxygens (including phenoxy) is 1. The van der Waals surface area contributed by atoms with E-state index in [-0.39, 0.29) is 31.2 Å². The summed E-state index contributed by atoms with van der Waals surface area (Å²) in [5.41, 5.74) is 5.11. The Bertz CT molecular complexity index is 1670. The zero-order valence-corrected chi connectivity index (χ0v) is 29.9. The molecule has 2 aromatic carbocycles. The molecule has 0 bridgehead atoms. The Kier molecular flexibility index (Phi) is 10.9. The third kappa shape index (κ3) is 7.50. The molecule has 1 amide bonds. The highest BCUT2D eigenvalue weighted by atomic mass is 35.5. The number of anilines is 4. The Morgan fingerprint density at radius 1 is 1.00 bits per heavy atom. The first-order chi connectivity index (χ1) is 23.2. The first-order valence-corrected chi connectivity index (χ1v) is 19.1. The molecule has 2 N–H and O–H groups in total. The van der Waals surface area contributed by atoms with Crippen molar-refractivity contribution in [3.8, 4) is 5.75 Å². The van der Waals surface area contributed by atoms with Crippen molar-refractivity contribution in [2.24, 2.45) is 0 Å². The van der Waals surface area contributed by atoms with E-state index in [1.807, 2.05) is 19.2 Å². The molecule has 2 fully saturated rings. The molecule has 1 saturated carbocycles. The molecule has 48 heavy (non-hydrogen) atoms. The molecule has 13 heteroatoms. The van der Waals surface area contributed by atoms with Gasteiger partial charge < -0.3 is 34.2 Å². The highest BCUT2D eigenvalue weighted by Gasteiger charge is 2.35. The predicted octanol–water partition coefficient (Wildman–Crippen LogP) is 8.10. The van der Waals surface area contributed by atoms with Gasteiger partial charge in [-0.15, -0.1) is 0 Å². The van der Waals surface area contributed by atoms with Crippen LogP contribution in [0.2, 0.25) is 5.02 Å². The van der Waals surface area contributed by atoms with Crippen LogP contribution in [0, 0.1) is 0 Å². The van der Waals surface area contributed by atoms with Crippen molar-refractivity contribution in [1.82, 2.24) is 19.8 Å². The van der Waals surface area contributed by atoms with Crippen molar-refractivity contribution >= 4 is 48.2 Å². The van der Waals surface area contributed by atoms with Crippen molar-refractivity contribution in [3.63, 3.8) is 0 Å². The summed E-state index contributed by atoms with van der Waals surface area (Å²) in [6.45, 7) is 7.22. The average Bonchev–Trinajstić information content (AvgIpc) is 3.72. The van der Waals surface area contributed by atoms with Gasteiger partial charge in [0.1, 0.15) is 10.8 Å². The summed E-state index contributed by atoms with van der Waals surface area (Å²) in [6.07, 6.45) is 8.99. The molecule has 3 aromatic rings. The quantitative estimate of drug-likeness (QED) is 0.170. The highest BCUT2D eigenvalue weighted by Crippen LogP contribution is 2.52. The Hall–Kier alpha value is -3.21. The Labute approximate surface area is 288 Å². The van der Waals surface area contributed by atoms with E-state index in [1.165, 1.54) is 50.5 Å². The number of fused-ring (bicyclic) bond motifs is 1. The van der Waals surface area contributed by atoms with Gasteiger partial charge in [0.05, 0.1) is 49.6 Å². The molecule has 2 aliphatic heterocycles. The topological polar surface area (TPSA) is 118 Å². The SMILES string of the molecule is CCOP(=O)(Cc1ccc(Nc2ncc(Cl)c(Nc3ccc(C4CCC(N5CCCC5)CC4)c4c3C(=O)N(C)C4)n2)c(OC)c1)OCC. The number of aromatic nitrogens is 2. The van der Waals surface area contributed by atoms with Crippen LogP contribution in [0.1, 0.15) is 85.3 Å². The molecule has 3 heterocycles. The van der Waals surface area contributed by atoms with Gasteiger partial charge in [-0.05, 0) is 106 Å². The van der Waals surface area contributed by atoms with E-state index in [0.717, 1.165) is 24.0 Å². The summed E-state index contributed by atoms with van der Waals surface area (Å²) in [7, 11) is 0.126. The van der Waals surface area contributed by atoms with Gasteiger partial charge in [-0.2, -0.15) is 4.98 Å². The monoisotopic (exact) mass is 696 g/mol. The van der Waals surface area contributed by atoms with E-state index < -0.39 is 7.60 Å². The van der Waals surface area contributed by atoms with Crippen LogP contribution < -0.4 is 15.4 Å². The Morgan fingerprint density at radius 2 is 1.71 bits per heavy atom. The number of nitrogens with zero attached hydrogens (tertiary/aromatic N) is 4. The van der Waals surface area contributed by atoms with Gasteiger partial charge in [0.25, 0.3) is 5.91 Å². The van der Waals surface area contributed by atoms with Gasteiger partial charge in [-0.3, -0.25) is 9.36 Å². The van der Waals surface area contributed by atoms with Gasteiger partial charge >= 0.3 is 7.60 Å². The molecular formula is C35H46ClN6O5P. The summed E-state index contributed by atoms with van der Waals surface area (Å²) in [5.74, 6) is 1.62. The molecule has 1 aliphatic carbocycles. The molecule has 1 saturated heterocycles. The Balaban J connectivity index is 1.20. The fraction of sp³-hybridized carbons (Fsp3) is 0.514. The number of carbonyl (C=O) groups is 1. The lowest BCUT2D eigenvalue weighted by atomic mass is 9.79. The fourth-order valence-electron chi connectivity index (χ4n) is 7.37. The molecule has 1 aromatic heterocycles. The molecule has 0 unspecified atom stereocenters. The number of methoxy groups -OCH3 is 1. The van der Waals surface area contributed by atoms with E-state index in [1.54, 1.807) is 38.0 Å². The number of hydrogen-bond donors (Lipinski definition) is 2. The largest absolute Gasteiger partial charge is 0.495 e. The average molecular weight is 697 g/mol. The number of likely N-dealkylation sites (tertiary alicyclic amines) is 1. The van der Waals surface area contributed by atoms with Crippen LogP contribution in [0.25, 0.3) is 0 Å². The molecule has 258 valence electrons. The number of halogens is 1. The molecule has 0 radical (unpaired) electrons. The van der Waals surface area contributed by atoms with Crippen LogP contribution >= 0.6 is 19.2 Å². The summed E-state index contributed by atoms with van der Waals surface area (Å²) in [6, 6.07) is 10.3. The van der Waals surface area contributed by atoms with E-state index in [9.17, 15) is 9.36 Å². The maximum atomic E-state index is 13.5. The number of nitrogens with one attached hydrogen (secondary N) is 2. The summed E-state index contributed by atoms with van der Waals surface area (Å²) in [4.78, 5) is 27.0. The van der Waals surface area contributed by atoms with E-state index >= 15 is 0 Å². The minimum Gasteiger partial charge on any atom is -0.495 e. The van der Waals surface area contributed by atoms with Gasteiger partial charge in [0.2, 0.25) is 5.95 Å². The summed E-state index contributed by atoms with van der Waals surface area (Å²) in [5, 5.41) is 6.87. The molecule has 11 nitrogen and oxygen atoms in total. The zero-order valence-electron chi connectivity index (χ0n) is 28.3. The summed E-state index contributed by atoms with van der Waals surface area (Å²) >= 11 is 6.59. The van der Waals surface area contributed by atoms with Crippen molar-refractivity contribution in [1.29, 1.82) is 0 Å². The molecular weight excluding hydrogens is 651 g/mol. The normalized spacial score (nSPS) is 19.9. The van der Waals surface area contributed by atoms with E-state index in [4.69, 9.17) is 25.4 Å². The van der Waals surface area contributed by atoms with Crippen LogP contribution in [0.15, 0.2) is 36.5 Å². The van der Waals surface area contributed by atoms with E-state index in [2.05, 4.69) is 31.6 Å². The van der Waals surface area contributed by atoms with Gasteiger partial charge in [0.15, 0.2) is 5.82 Å². The highest BCUT2D eigenvalue weighted by molar-refractivity contribution is 7.53. The number of benzene rings is 2. The zero-order chi connectivity index (χ0) is 33.8. The third-order valence-corrected chi connectivity index (χ3v) is 12.0. The number of amides is 1. The lowest BCUT2D eigenvalue weighted by Gasteiger charge is -2.35. The van der Waals surface area contributed by atoms with Crippen molar-refractivity contribution in [3.05, 3.63) is 63.8 Å². The fourth-order valence-corrected chi connectivity index (χ4v) is 9.20. The van der Waals surface area contributed by atoms with Crippen LogP contribution in [-0.2, 0) is 26.3 Å². The first-order valence-electron chi connectivity index (χ1n) is 17.0. The second kappa shape index (κ2) is 15.1. The maximum absolute atomic E-state index is 13.5. The van der Waals surface area contributed by atoms with E-state index in [0.29, 0.717) is 52.0 Å². The second-order valence-electron chi connectivity index (χ2n) is 12.7. The minimum atomic E-state index is -3.28. The third-order valence-electron chi connectivity index (χ3n) is 9.64. The standard InChI is InChI=1S/C35H46ClN6O5P/c1-5-46-48(44,47-6-2)22-23-9-15-29(31(19-23)45-4)39-35-37-20-28(36)33(40-35)38-30-16-14-26(27-21-41(3)34(43)32(27)30)24-10-12-25(13-11-24)42-17-7-8-18-42/h9,14-16,19-20,24-25H,5-8,10-13,17-18,21-22H2,1-4H3,(H2,37,38,39,40). The number of carbonyl (C=O) groups excluding carboxylic acids is 1. The minimum absolute atomic E-state index is 0.00771. The second-order valence-corrected chi connectivity index (χ2v) is 15.2. The molecule has 0 atom stereocenters. The molecule has 3 aliphatic rings.